The van der Waals surface area contributed by atoms with Gasteiger partial charge in [-0.1, -0.05) is 0 Å². The van der Waals surface area contributed by atoms with E-state index in [1.54, 1.807) is 0 Å². The molecule has 1 aromatic heterocycles. The van der Waals surface area contributed by atoms with E-state index in [0.717, 1.165) is 38.3 Å². The van der Waals surface area contributed by atoms with Gasteiger partial charge in [0.25, 0.3) is 0 Å². The summed E-state index contributed by atoms with van der Waals surface area (Å²) in [5, 5.41) is 0. The van der Waals surface area contributed by atoms with Gasteiger partial charge >= 0.3 is 0 Å². The van der Waals surface area contributed by atoms with E-state index in [9.17, 15) is 8.78 Å². The minimum absolute atomic E-state index is 0.331. The molecule has 2 bridgehead atoms. The molecular formula is C23H34F2N4. The molecule has 4 nitrogen and oxygen atoms in total. The molecule has 0 aromatic carbocycles. The fourth-order valence-electron chi connectivity index (χ4n) is 5.45. The Morgan fingerprint density at radius 1 is 1.21 bits per heavy atom. The Morgan fingerprint density at radius 3 is 2.45 bits per heavy atom. The lowest BCUT2D eigenvalue weighted by Gasteiger charge is -2.34. The minimum Gasteiger partial charge on any atom is -0.355 e. The second kappa shape index (κ2) is 8.29. The number of allylic oxidation sites excluding steroid dienone is 1. The summed E-state index contributed by atoms with van der Waals surface area (Å²) in [5.74, 6) is 2.48. The van der Waals surface area contributed by atoms with Gasteiger partial charge in [-0.25, -0.2) is 18.7 Å². The van der Waals surface area contributed by atoms with E-state index in [2.05, 4.69) is 28.9 Å². The van der Waals surface area contributed by atoms with Gasteiger partial charge in [-0.15, -0.1) is 0 Å². The number of rotatable bonds is 8. The molecule has 3 aliphatic rings. The fourth-order valence-corrected chi connectivity index (χ4v) is 5.45. The molecule has 6 heteroatoms. The van der Waals surface area contributed by atoms with Gasteiger partial charge in [0.2, 0.25) is 0 Å². The van der Waals surface area contributed by atoms with Gasteiger partial charge in [-0.05, 0) is 82.9 Å². The Balaban J connectivity index is 1.62. The van der Waals surface area contributed by atoms with Crippen molar-refractivity contribution in [3.63, 3.8) is 0 Å². The predicted molar refractivity (Wildman–Crippen MR) is 113 cm³/mol. The molecule has 3 fully saturated rings. The number of piperidine rings is 1. The number of aryl methyl sites for hydroxylation is 1. The van der Waals surface area contributed by atoms with E-state index in [0.29, 0.717) is 34.3 Å². The second-order valence-corrected chi connectivity index (χ2v) is 9.88. The third kappa shape index (κ3) is 4.79. The first-order chi connectivity index (χ1) is 13.9. The number of alkyl halides is 1. The maximum absolute atomic E-state index is 13.9. The van der Waals surface area contributed by atoms with Crippen molar-refractivity contribution in [1.82, 2.24) is 14.9 Å². The van der Waals surface area contributed by atoms with Crippen molar-refractivity contribution >= 4 is 11.9 Å². The van der Waals surface area contributed by atoms with Crippen LogP contribution in [0.4, 0.5) is 14.6 Å². The first-order valence-corrected chi connectivity index (χ1v) is 11.1. The topological polar surface area (TPSA) is 32.3 Å². The van der Waals surface area contributed by atoms with Crippen molar-refractivity contribution in [3.05, 3.63) is 22.9 Å². The van der Waals surface area contributed by atoms with E-state index in [-0.39, 0.29) is 5.83 Å². The van der Waals surface area contributed by atoms with Gasteiger partial charge < -0.3 is 9.80 Å². The number of fused-ring (bicyclic) bond motifs is 2. The zero-order valence-electron chi connectivity index (χ0n) is 18.1. The van der Waals surface area contributed by atoms with E-state index in [1.165, 1.54) is 45.1 Å². The van der Waals surface area contributed by atoms with Crippen LogP contribution in [0, 0.1) is 17.3 Å². The van der Waals surface area contributed by atoms with E-state index in [1.807, 2.05) is 0 Å². The smallest absolute Gasteiger partial charge is 0.140 e. The highest BCUT2D eigenvalue weighted by molar-refractivity contribution is 5.67. The summed E-state index contributed by atoms with van der Waals surface area (Å²) in [7, 11) is 4.22. The SMILES string of the molecule is C/C(F)=C\c1c(CF)nc(CCC2(CN(C)C)CC2)nc1N1CC2CCC(C2)C1. The van der Waals surface area contributed by atoms with Crippen LogP contribution < -0.4 is 4.90 Å². The molecular weight excluding hydrogens is 370 g/mol. The van der Waals surface area contributed by atoms with E-state index < -0.39 is 6.67 Å². The number of hydrogen-bond donors (Lipinski definition) is 0. The molecule has 2 unspecified atom stereocenters. The van der Waals surface area contributed by atoms with E-state index >= 15 is 0 Å². The third-order valence-corrected chi connectivity index (χ3v) is 6.91. The molecule has 2 aliphatic carbocycles. The van der Waals surface area contributed by atoms with Gasteiger partial charge in [-0.2, -0.15) is 0 Å². The van der Waals surface area contributed by atoms with Gasteiger partial charge in [0, 0.05) is 31.6 Å². The fraction of sp³-hybridized carbons (Fsp3) is 0.739. The van der Waals surface area contributed by atoms with Gasteiger partial charge in [-0.3, -0.25) is 0 Å². The molecule has 160 valence electrons. The highest BCUT2D eigenvalue weighted by Gasteiger charge is 2.42. The summed E-state index contributed by atoms with van der Waals surface area (Å²) < 4.78 is 27.7. The van der Waals surface area contributed by atoms with Crippen LogP contribution in [-0.2, 0) is 13.1 Å². The van der Waals surface area contributed by atoms with Crippen molar-refractivity contribution in [2.75, 3.05) is 38.6 Å². The van der Waals surface area contributed by atoms with Crippen LogP contribution in [0.3, 0.4) is 0 Å². The number of nitrogens with zero attached hydrogens (tertiary/aromatic N) is 4. The lowest BCUT2D eigenvalue weighted by atomic mass is 9.97. The molecule has 0 radical (unpaired) electrons. The summed E-state index contributed by atoms with van der Waals surface area (Å²) in [6, 6.07) is 0. The van der Waals surface area contributed by atoms with Crippen LogP contribution >= 0.6 is 0 Å². The standard InChI is InChI=1S/C23H34F2N4/c1-16(25)10-19-20(12-24)26-21(6-7-23(8-9-23)15-28(2)3)27-22(19)29-13-17-4-5-18(11-17)14-29/h10,17-18H,4-9,11-15H2,1-3H3/b16-10+. The molecule has 2 saturated carbocycles. The Bertz CT molecular complexity index is 756. The first-order valence-electron chi connectivity index (χ1n) is 11.1. The Hall–Kier alpha value is -1.56. The monoisotopic (exact) mass is 404 g/mol. The van der Waals surface area contributed by atoms with Crippen LogP contribution in [0.2, 0.25) is 0 Å². The predicted octanol–water partition coefficient (Wildman–Crippen LogP) is 4.79. The van der Waals surface area contributed by atoms with Crippen LogP contribution in [0.15, 0.2) is 5.83 Å². The molecule has 0 spiro atoms. The maximum Gasteiger partial charge on any atom is 0.140 e. The summed E-state index contributed by atoms with van der Waals surface area (Å²) in [6.45, 7) is 3.67. The van der Waals surface area contributed by atoms with Crippen LogP contribution in [-0.4, -0.2) is 48.6 Å². The molecule has 2 heterocycles. The number of hydrogen-bond acceptors (Lipinski definition) is 4. The molecule has 4 rings (SSSR count). The zero-order valence-corrected chi connectivity index (χ0v) is 18.1. The number of aromatic nitrogens is 2. The van der Waals surface area contributed by atoms with Gasteiger partial charge in [0.15, 0.2) is 0 Å². The summed E-state index contributed by atoms with van der Waals surface area (Å²) in [6.07, 6.45) is 9.48. The normalized spacial score (nSPS) is 25.7. The molecule has 1 aromatic rings. The highest BCUT2D eigenvalue weighted by Crippen LogP contribution is 2.49. The Kier molecular flexibility index (Phi) is 5.92. The summed E-state index contributed by atoms with van der Waals surface area (Å²) in [5.41, 5.74) is 1.23. The number of halogens is 2. The van der Waals surface area contributed by atoms with Gasteiger partial charge in [0.05, 0.1) is 11.5 Å². The molecule has 0 N–H and O–H groups in total. The maximum atomic E-state index is 13.9. The Labute approximate surface area is 173 Å². The number of anilines is 1. The third-order valence-electron chi connectivity index (χ3n) is 6.91. The van der Waals surface area contributed by atoms with Crippen LogP contribution in [0.5, 0.6) is 0 Å². The first kappa shape index (κ1) is 20.7. The largest absolute Gasteiger partial charge is 0.355 e. The summed E-state index contributed by atoms with van der Waals surface area (Å²) >= 11 is 0. The average molecular weight is 405 g/mol. The molecule has 2 atom stereocenters. The van der Waals surface area contributed by atoms with Crippen molar-refractivity contribution in [3.8, 4) is 0 Å². The average Bonchev–Trinajstić information content (AvgIpc) is 3.35. The highest BCUT2D eigenvalue weighted by atomic mass is 19.1. The molecule has 0 amide bonds. The second-order valence-electron chi connectivity index (χ2n) is 9.88. The molecule has 1 saturated heterocycles. The molecule has 29 heavy (non-hydrogen) atoms. The van der Waals surface area contributed by atoms with Crippen LogP contribution in [0.1, 0.15) is 62.5 Å². The minimum atomic E-state index is -0.689. The van der Waals surface area contributed by atoms with Crippen molar-refractivity contribution in [2.45, 2.75) is 58.5 Å². The molecule has 1 aliphatic heterocycles. The van der Waals surface area contributed by atoms with Crippen molar-refractivity contribution in [2.24, 2.45) is 17.3 Å². The van der Waals surface area contributed by atoms with Crippen LogP contribution in [0.25, 0.3) is 6.08 Å². The zero-order chi connectivity index (χ0) is 20.6. The van der Waals surface area contributed by atoms with Gasteiger partial charge in [0.1, 0.15) is 18.3 Å². The van der Waals surface area contributed by atoms with Crippen molar-refractivity contribution < 1.29 is 8.78 Å². The van der Waals surface area contributed by atoms with Crippen molar-refractivity contribution in [1.29, 1.82) is 0 Å². The lowest BCUT2D eigenvalue weighted by molar-refractivity contribution is 0.293. The lowest BCUT2D eigenvalue weighted by Crippen LogP contribution is -2.37. The summed E-state index contributed by atoms with van der Waals surface area (Å²) in [4.78, 5) is 13.9. The quantitative estimate of drug-likeness (QED) is 0.624. The Morgan fingerprint density at radius 2 is 1.90 bits per heavy atom. The van der Waals surface area contributed by atoms with E-state index in [4.69, 9.17) is 4.98 Å².